The van der Waals surface area contributed by atoms with Crippen LogP contribution in [0.4, 0.5) is 5.69 Å². The van der Waals surface area contributed by atoms with E-state index in [0.717, 1.165) is 24.3 Å². The average Bonchev–Trinajstić information content (AvgIpc) is 3.59. The number of likely N-dealkylation sites (N-methyl/N-ethyl adjacent to an activating group) is 1. The van der Waals surface area contributed by atoms with Gasteiger partial charge in [0.1, 0.15) is 12.6 Å². The van der Waals surface area contributed by atoms with Crippen LogP contribution in [-0.4, -0.2) is 98.4 Å². The number of anilines is 1. The maximum atomic E-state index is 13.5. The highest BCUT2D eigenvalue weighted by Gasteiger charge is 2.38. The summed E-state index contributed by atoms with van der Waals surface area (Å²) in [5, 5.41) is 8.46. The van der Waals surface area contributed by atoms with E-state index in [-0.39, 0.29) is 48.5 Å². The Bertz CT molecular complexity index is 1800. The minimum Gasteiger partial charge on any atom is -0.343 e. The summed E-state index contributed by atoms with van der Waals surface area (Å²) < 4.78 is 3.48. The summed E-state index contributed by atoms with van der Waals surface area (Å²) in [4.78, 5) is 57.8. The van der Waals surface area contributed by atoms with E-state index in [1.165, 1.54) is 0 Å². The molecule has 2 aromatic carbocycles. The molecule has 0 aliphatic carbocycles. The average molecular weight is 667 g/mol. The Balaban J connectivity index is 0.00000417. The number of fused-ring (bicyclic) bond motifs is 2. The van der Waals surface area contributed by atoms with Gasteiger partial charge in [0.2, 0.25) is 11.8 Å². The van der Waals surface area contributed by atoms with Crippen LogP contribution in [0.15, 0.2) is 54.9 Å². The highest BCUT2D eigenvalue weighted by Crippen LogP contribution is 2.27. The molecule has 2 aromatic heterocycles. The number of carbonyl (C=O) groups is 4. The maximum Gasteiger partial charge on any atom is 0.257 e. The minimum absolute atomic E-state index is 0. The summed E-state index contributed by atoms with van der Waals surface area (Å²) in [5.74, 6) is -0.342. The van der Waals surface area contributed by atoms with Crippen molar-refractivity contribution >= 4 is 64.1 Å². The van der Waals surface area contributed by atoms with Gasteiger partial charge in [-0.05, 0) is 55.8 Å². The fourth-order valence-corrected chi connectivity index (χ4v) is 6.38. The van der Waals surface area contributed by atoms with Gasteiger partial charge in [-0.2, -0.15) is 5.10 Å². The lowest BCUT2D eigenvalue weighted by molar-refractivity contribution is -0.147. The molecule has 11 nitrogen and oxygen atoms in total. The summed E-state index contributed by atoms with van der Waals surface area (Å²) in [6, 6.07) is 12.2. The van der Waals surface area contributed by atoms with E-state index < -0.39 is 0 Å². The maximum absolute atomic E-state index is 13.5. The molecule has 6 rings (SSSR count). The molecule has 2 aliphatic heterocycles. The molecular weight excluding hydrogens is 629 g/mol. The predicted molar refractivity (Wildman–Crippen MR) is 179 cm³/mol. The smallest absolute Gasteiger partial charge is 0.257 e. The number of nitrogens with one attached hydrogen (secondary N) is 1. The van der Waals surface area contributed by atoms with Crippen LogP contribution in [-0.2, 0) is 16.1 Å². The topological polar surface area (TPSA) is 113 Å². The number of ketones is 1. The highest BCUT2D eigenvalue weighted by atomic mass is 35.5. The van der Waals surface area contributed by atoms with Gasteiger partial charge in [-0.25, -0.2) is 4.68 Å². The van der Waals surface area contributed by atoms with Crippen LogP contribution in [0.1, 0.15) is 46.2 Å². The van der Waals surface area contributed by atoms with Crippen molar-refractivity contribution in [3.8, 4) is 5.69 Å². The van der Waals surface area contributed by atoms with Gasteiger partial charge in [0, 0.05) is 74.0 Å². The molecule has 1 atom stereocenters. The van der Waals surface area contributed by atoms with E-state index >= 15 is 0 Å². The van der Waals surface area contributed by atoms with Crippen LogP contribution in [0.25, 0.3) is 16.6 Å². The van der Waals surface area contributed by atoms with E-state index in [0.29, 0.717) is 65.3 Å². The standard InChI is InChI=1S/C33H36ClN7O4.ClH/c1-4-5-30(42)26-17-35-41(21(26)2)24-9-7-23(8-10-24)36-32(44)27-18-40(28-11-6-22(34)16-25(27)28)20-31(43)39-15-14-38-13-12-37(3)33(45)29(38)19-39;/h6-11,16-18,29H,4-5,12-15,19-20H2,1-3H3,(H,36,44);1H. The fraction of sp³-hybridized carbons (Fsp3) is 0.364. The second-order valence-electron chi connectivity index (χ2n) is 11.7. The molecule has 2 aliphatic rings. The zero-order valence-corrected chi connectivity index (χ0v) is 27.6. The van der Waals surface area contributed by atoms with Crippen molar-refractivity contribution < 1.29 is 19.2 Å². The zero-order valence-electron chi connectivity index (χ0n) is 26.0. The van der Waals surface area contributed by atoms with Gasteiger partial charge in [-0.3, -0.25) is 24.1 Å². The number of benzene rings is 2. The van der Waals surface area contributed by atoms with Crippen LogP contribution >= 0.6 is 24.0 Å². The van der Waals surface area contributed by atoms with E-state index in [1.807, 2.05) is 26.0 Å². The van der Waals surface area contributed by atoms with Crippen molar-refractivity contribution in [1.29, 1.82) is 0 Å². The minimum atomic E-state index is -0.339. The number of aromatic nitrogens is 3. The third-order valence-corrected chi connectivity index (χ3v) is 9.01. The molecule has 4 aromatic rings. The largest absolute Gasteiger partial charge is 0.343 e. The number of amides is 3. The summed E-state index contributed by atoms with van der Waals surface area (Å²) >= 11 is 6.32. The van der Waals surface area contributed by atoms with E-state index in [9.17, 15) is 19.2 Å². The van der Waals surface area contributed by atoms with Crippen molar-refractivity contribution in [3.63, 3.8) is 0 Å². The van der Waals surface area contributed by atoms with Gasteiger partial charge < -0.3 is 19.7 Å². The molecule has 46 heavy (non-hydrogen) atoms. The lowest BCUT2D eigenvalue weighted by atomic mass is 10.1. The Morgan fingerprint density at radius 3 is 2.50 bits per heavy atom. The van der Waals surface area contributed by atoms with Gasteiger partial charge in [0.05, 0.1) is 28.7 Å². The van der Waals surface area contributed by atoms with Crippen molar-refractivity contribution in [3.05, 3.63) is 76.7 Å². The van der Waals surface area contributed by atoms with Crippen LogP contribution < -0.4 is 5.32 Å². The second-order valence-corrected chi connectivity index (χ2v) is 12.1. The number of rotatable bonds is 8. The summed E-state index contributed by atoms with van der Waals surface area (Å²) in [6.07, 6.45) is 4.53. The number of Topliss-reactive ketones (excluding diaryl/α,β-unsaturated/α-hetero) is 1. The molecule has 0 bridgehead atoms. The first kappa shape index (κ1) is 33.2. The van der Waals surface area contributed by atoms with Crippen molar-refractivity contribution in [2.75, 3.05) is 45.1 Å². The van der Waals surface area contributed by atoms with Gasteiger partial charge in [0.25, 0.3) is 5.91 Å². The molecule has 1 N–H and O–H groups in total. The third kappa shape index (κ3) is 6.40. The lowest BCUT2D eigenvalue weighted by Gasteiger charge is -2.45. The van der Waals surface area contributed by atoms with Crippen LogP contribution in [0.2, 0.25) is 5.02 Å². The van der Waals surface area contributed by atoms with Gasteiger partial charge in [-0.1, -0.05) is 18.5 Å². The molecule has 2 saturated heterocycles. The molecule has 0 spiro atoms. The number of hydrogen-bond acceptors (Lipinski definition) is 6. The van der Waals surface area contributed by atoms with Crippen molar-refractivity contribution in [2.24, 2.45) is 0 Å². The third-order valence-electron chi connectivity index (χ3n) is 8.78. The van der Waals surface area contributed by atoms with Crippen molar-refractivity contribution in [1.82, 2.24) is 29.0 Å². The monoisotopic (exact) mass is 665 g/mol. The normalized spacial score (nSPS) is 16.7. The molecule has 0 saturated carbocycles. The first-order chi connectivity index (χ1) is 21.6. The Morgan fingerprint density at radius 1 is 1.02 bits per heavy atom. The molecule has 0 radical (unpaired) electrons. The SMILES string of the molecule is CCCC(=O)c1cnn(-c2ccc(NC(=O)c3cn(CC(=O)N4CCN5CCN(C)C(=O)C5C4)c4ccc(Cl)cc34)cc2)c1C.Cl. The number of hydrogen-bond donors (Lipinski definition) is 1. The lowest BCUT2D eigenvalue weighted by Crippen LogP contribution is -2.64. The first-order valence-electron chi connectivity index (χ1n) is 15.2. The van der Waals surface area contributed by atoms with Gasteiger partial charge >= 0.3 is 0 Å². The molecule has 3 amide bonds. The molecule has 1 unspecified atom stereocenters. The molecule has 2 fully saturated rings. The molecular formula is C33H37Cl2N7O4. The Hall–Kier alpha value is -4.19. The molecule has 13 heteroatoms. The fourth-order valence-electron chi connectivity index (χ4n) is 6.21. The first-order valence-corrected chi connectivity index (χ1v) is 15.6. The zero-order chi connectivity index (χ0) is 31.8. The Labute approximate surface area is 278 Å². The van der Waals surface area contributed by atoms with E-state index in [1.54, 1.807) is 68.8 Å². The Kier molecular flexibility index (Phi) is 9.85. The van der Waals surface area contributed by atoms with Crippen LogP contribution in [0.3, 0.4) is 0 Å². The van der Waals surface area contributed by atoms with Gasteiger partial charge in [0.15, 0.2) is 5.78 Å². The number of halogens is 2. The summed E-state index contributed by atoms with van der Waals surface area (Å²) in [6.45, 7) is 6.93. The predicted octanol–water partition coefficient (Wildman–Crippen LogP) is 4.43. The van der Waals surface area contributed by atoms with E-state index in [4.69, 9.17) is 11.6 Å². The Morgan fingerprint density at radius 2 is 1.76 bits per heavy atom. The van der Waals surface area contributed by atoms with Crippen molar-refractivity contribution in [2.45, 2.75) is 39.3 Å². The number of carbonyl (C=O) groups excluding carboxylic acids is 4. The quantitative estimate of drug-likeness (QED) is 0.279. The highest BCUT2D eigenvalue weighted by molar-refractivity contribution is 6.31. The van der Waals surface area contributed by atoms with Crippen LogP contribution in [0.5, 0.6) is 0 Å². The van der Waals surface area contributed by atoms with Gasteiger partial charge in [-0.15, -0.1) is 12.4 Å². The van der Waals surface area contributed by atoms with Crippen LogP contribution in [0, 0.1) is 6.92 Å². The van der Waals surface area contributed by atoms with E-state index in [2.05, 4.69) is 15.3 Å². The number of piperazine rings is 2. The second kappa shape index (κ2) is 13.7. The summed E-state index contributed by atoms with van der Waals surface area (Å²) in [5.41, 5.74) is 3.83. The molecule has 242 valence electrons. The summed E-state index contributed by atoms with van der Waals surface area (Å²) in [7, 11) is 1.80. The number of nitrogens with zero attached hydrogens (tertiary/aromatic N) is 6. The molecule has 4 heterocycles.